The summed E-state index contributed by atoms with van der Waals surface area (Å²) in [5.74, 6) is -0.242. The molecule has 1 N–H and O–H groups in total. The quantitative estimate of drug-likeness (QED) is 0.364. The molecule has 0 unspecified atom stereocenters. The number of piperidine rings is 1. The van der Waals surface area contributed by atoms with Gasteiger partial charge in [0, 0.05) is 34.3 Å². The molecule has 1 saturated heterocycles. The van der Waals surface area contributed by atoms with E-state index in [0.29, 0.717) is 16.8 Å². The molecule has 0 aliphatic carbocycles. The van der Waals surface area contributed by atoms with Gasteiger partial charge >= 0.3 is 0 Å². The summed E-state index contributed by atoms with van der Waals surface area (Å²) < 4.78 is 26.6. The van der Waals surface area contributed by atoms with Crippen LogP contribution in [0.2, 0.25) is 0 Å². The molecule has 1 aliphatic rings. The first kappa shape index (κ1) is 24.7. The lowest BCUT2D eigenvalue weighted by Crippen LogP contribution is -2.42. The fourth-order valence-electron chi connectivity index (χ4n) is 5.02. The number of benzene rings is 2. The van der Waals surface area contributed by atoms with Crippen molar-refractivity contribution in [1.29, 1.82) is 0 Å². The molecular weight excluding hydrogens is 496 g/mol. The monoisotopic (exact) mass is 524 g/mol. The maximum absolute atomic E-state index is 13.7. The standard InChI is InChI=1S/C27H29ClN4O3S/c1-4-36(34,35)20-8-5-7-18(15-20)23-16-22(27(33)32(28)19-10-13-31(3)14-11-19)17(2)25-24(23)21-9-6-12-29-26(21)30-25/h5-9,12,15-16,19H,4,10-11,13-14H2,1-3H3,(H,29,30). The minimum atomic E-state index is -3.40. The summed E-state index contributed by atoms with van der Waals surface area (Å²) >= 11 is 6.66. The average molecular weight is 525 g/mol. The van der Waals surface area contributed by atoms with E-state index >= 15 is 0 Å². The Kier molecular flexibility index (Phi) is 6.53. The van der Waals surface area contributed by atoms with Crippen LogP contribution in [0.3, 0.4) is 0 Å². The third kappa shape index (κ3) is 4.27. The van der Waals surface area contributed by atoms with Gasteiger partial charge in [0.25, 0.3) is 5.91 Å². The van der Waals surface area contributed by atoms with E-state index in [1.165, 1.54) is 4.42 Å². The van der Waals surface area contributed by atoms with E-state index in [9.17, 15) is 13.2 Å². The lowest BCUT2D eigenvalue weighted by atomic mass is 9.93. The second-order valence-electron chi connectivity index (χ2n) is 9.45. The van der Waals surface area contributed by atoms with Gasteiger partial charge in [-0.1, -0.05) is 19.1 Å². The zero-order chi connectivity index (χ0) is 25.6. The lowest BCUT2D eigenvalue weighted by molar-refractivity contribution is 0.0775. The highest BCUT2D eigenvalue weighted by Gasteiger charge is 2.29. The van der Waals surface area contributed by atoms with Crippen LogP contribution in [0.15, 0.2) is 53.6 Å². The number of hydrogen-bond acceptors (Lipinski definition) is 5. The topological polar surface area (TPSA) is 86.4 Å². The minimum absolute atomic E-state index is 0.0122. The number of likely N-dealkylation sites (tertiary alicyclic amines) is 1. The second kappa shape index (κ2) is 9.50. The van der Waals surface area contributed by atoms with Crippen molar-refractivity contribution >= 4 is 49.5 Å². The van der Waals surface area contributed by atoms with Gasteiger partial charge < -0.3 is 9.88 Å². The predicted octanol–water partition coefficient (Wildman–Crippen LogP) is 5.18. The molecule has 7 nitrogen and oxygen atoms in total. The number of amides is 1. The van der Waals surface area contributed by atoms with Crippen molar-refractivity contribution in [3.05, 3.63) is 59.8 Å². The van der Waals surface area contributed by atoms with Crippen molar-refractivity contribution in [2.24, 2.45) is 0 Å². The van der Waals surface area contributed by atoms with Gasteiger partial charge in [-0.2, -0.15) is 0 Å². The molecule has 2 aromatic carbocycles. The zero-order valence-corrected chi connectivity index (χ0v) is 22.2. The van der Waals surface area contributed by atoms with Crippen LogP contribution in [0.5, 0.6) is 0 Å². The number of aromatic nitrogens is 2. The summed E-state index contributed by atoms with van der Waals surface area (Å²) in [7, 11) is -1.33. The molecule has 36 heavy (non-hydrogen) atoms. The van der Waals surface area contributed by atoms with Crippen LogP contribution in [0.1, 0.15) is 35.7 Å². The summed E-state index contributed by atoms with van der Waals surface area (Å²) in [6.07, 6.45) is 3.34. The van der Waals surface area contributed by atoms with Gasteiger partial charge in [-0.05, 0) is 86.9 Å². The maximum atomic E-state index is 13.7. The molecule has 0 atom stereocenters. The van der Waals surface area contributed by atoms with E-state index in [-0.39, 0.29) is 22.6 Å². The predicted molar refractivity (Wildman–Crippen MR) is 144 cm³/mol. The molecule has 3 heterocycles. The van der Waals surface area contributed by atoms with E-state index in [0.717, 1.165) is 53.3 Å². The number of rotatable bonds is 5. The Labute approximate surface area is 216 Å². The van der Waals surface area contributed by atoms with Crippen molar-refractivity contribution < 1.29 is 13.2 Å². The Morgan fingerprint density at radius 1 is 1.19 bits per heavy atom. The Balaban J connectivity index is 1.71. The number of carbonyl (C=O) groups excluding carboxylic acids is 1. The summed E-state index contributed by atoms with van der Waals surface area (Å²) in [4.78, 5) is 24.1. The van der Waals surface area contributed by atoms with Crippen molar-refractivity contribution in [3.63, 3.8) is 0 Å². The Hall–Kier alpha value is -2.94. The molecular formula is C27H29ClN4O3S. The molecule has 0 bridgehead atoms. The normalized spacial score (nSPS) is 15.6. The number of sulfone groups is 1. The van der Waals surface area contributed by atoms with Crippen LogP contribution in [0.25, 0.3) is 33.1 Å². The highest BCUT2D eigenvalue weighted by molar-refractivity contribution is 7.91. The molecule has 1 fully saturated rings. The van der Waals surface area contributed by atoms with E-state index in [1.54, 1.807) is 31.3 Å². The first-order valence-electron chi connectivity index (χ1n) is 12.1. The van der Waals surface area contributed by atoms with Gasteiger partial charge in [0.15, 0.2) is 9.84 Å². The van der Waals surface area contributed by atoms with Crippen molar-refractivity contribution in [1.82, 2.24) is 19.3 Å². The number of aromatic amines is 1. The first-order valence-corrected chi connectivity index (χ1v) is 14.1. The summed E-state index contributed by atoms with van der Waals surface area (Å²) in [5.41, 5.74) is 4.25. The van der Waals surface area contributed by atoms with E-state index in [1.807, 2.05) is 31.2 Å². The summed E-state index contributed by atoms with van der Waals surface area (Å²) in [6, 6.07) is 12.6. The highest BCUT2D eigenvalue weighted by atomic mass is 35.5. The van der Waals surface area contributed by atoms with Crippen LogP contribution < -0.4 is 0 Å². The smallest absolute Gasteiger partial charge is 0.268 e. The summed E-state index contributed by atoms with van der Waals surface area (Å²) in [6.45, 7) is 5.31. The molecule has 4 aromatic rings. The van der Waals surface area contributed by atoms with Gasteiger partial charge in [-0.3, -0.25) is 4.79 Å². The zero-order valence-electron chi connectivity index (χ0n) is 20.6. The SMILES string of the molecule is CCS(=O)(=O)c1cccc(-c2cc(C(=O)N(Cl)C3CCN(C)CC3)c(C)c3[nH]c4ncccc4c23)c1. The third-order valence-corrected chi connectivity index (χ3v) is 9.39. The third-order valence-electron chi connectivity index (χ3n) is 7.22. The molecule has 1 aliphatic heterocycles. The molecule has 0 saturated carbocycles. The number of nitrogens with zero attached hydrogens (tertiary/aromatic N) is 3. The number of nitrogens with one attached hydrogen (secondary N) is 1. The number of aryl methyl sites for hydroxylation is 1. The van der Waals surface area contributed by atoms with E-state index in [2.05, 4.69) is 21.9 Å². The van der Waals surface area contributed by atoms with Gasteiger partial charge in [0.05, 0.1) is 22.2 Å². The molecule has 2 aromatic heterocycles. The minimum Gasteiger partial charge on any atom is -0.339 e. The lowest BCUT2D eigenvalue weighted by Gasteiger charge is -2.33. The maximum Gasteiger partial charge on any atom is 0.268 e. The molecule has 0 radical (unpaired) electrons. The number of H-pyrrole nitrogens is 1. The Bertz CT molecular complexity index is 1570. The largest absolute Gasteiger partial charge is 0.339 e. The van der Waals surface area contributed by atoms with Gasteiger partial charge in [0.1, 0.15) is 5.65 Å². The number of hydrogen-bond donors (Lipinski definition) is 1. The first-order chi connectivity index (χ1) is 17.2. The van der Waals surface area contributed by atoms with E-state index in [4.69, 9.17) is 11.8 Å². The number of carbonyl (C=O) groups is 1. The second-order valence-corrected chi connectivity index (χ2v) is 12.1. The van der Waals surface area contributed by atoms with Gasteiger partial charge in [-0.25, -0.2) is 17.8 Å². The molecule has 188 valence electrons. The van der Waals surface area contributed by atoms with Crippen LogP contribution in [0, 0.1) is 6.92 Å². The van der Waals surface area contributed by atoms with Gasteiger partial charge in [0.2, 0.25) is 0 Å². The molecule has 5 rings (SSSR count). The fourth-order valence-corrected chi connectivity index (χ4v) is 6.23. The molecule has 1 amide bonds. The van der Waals surface area contributed by atoms with E-state index < -0.39 is 9.84 Å². The highest BCUT2D eigenvalue weighted by Crippen LogP contribution is 2.39. The molecule has 9 heteroatoms. The fraction of sp³-hybridized carbons (Fsp3) is 0.333. The Morgan fingerprint density at radius 3 is 2.67 bits per heavy atom. The Morgan fingerprint density at radius 2 is 1.94 bits per heavy atom. The number of pyridine rings is 1. The molecule has 0 spiro atoms. The van der Waals surface area contributed by atoms with Crippen LogP contribution in [0.4, 0.5) is 0 Å². The van der Waals surface area contributed by atoms with Crippen LogP contribution in [-0.4, -0.2) is 65.5 Å². The van der Waals surface area contributed by atoms with Crippen molar-refractivity contribution in [2.45, 2.75) is 37.6 Å². The van der Waals surface area contributed by atoms with Crippen LogP contribution >= 0.6 is 11.8 Å². The van der Waals surface area contributed by atoms with Gasteiger partial charge in [-0.15, -0.1) is 0 Å². The average Bonchev–Trinajstić information content (AvgIpc) is 3.29. The van der Waals surface area contributed by atoms with Crippen LogP contribution in [-0.2, 0) is 9.84 Å². The summed E-state index contributed by atoms with van der Waals surface area (Å²) in [5, 5.41) is 1.81. The van der Waals surface area contributed by atoms with Crippen molar-refractivity contribution in [3.8, 4) is 11.1 Å². The van der Waals surface area contributed by atoms with Crippen molar-refractivity contribution in [2.75, 3.05) is 25.9 Å². The number of halogens is 1. The number of fused-ring (bicyclic) bond motifs is 3.